The van der Waals surface area contributed by atoms with E-state index < -0.39 is 0 Å². The molecule has 0 aliphatic carbocycles. The Morgan fingerprint density at radius 1 is 1.53 bits per heavy atom. The maximum Gasteiger partial charge on any atom is 0.223 e. The van der Waals surface area contributed by atoms with Gasteiger partial charge in [-0.1, -0.05) is 5.16 Å². The van der Waals surface area contributed by atoms with E-state index in [4.69, 9.17) is 10.3 Å². The zero-order valence-electron chi connectivity index (χ0n) is 9.41. The molecule has 1 heterocycles. The topological polar surface area (TPSA) is 72.4 Å². The first-order chi connectivity index (χ1) is 7.06. The van der Waals surface area contributed by atoms with E-state index in [0.29, 0.717) is 19.5 Å². The minimum atomic E-state index is 0.0394. The number of amides is 1. The molecule has 0 bridgehead atoms. The van der Waals surface area contributed by atoms with Gasteiger partial charge in [-0.15, -0.1) is 0 Å². The van der Waals surface area contributed by atoms with E-state index in [9.17, 15) is 4.79 Å². The molecule has 0 radical (unpaired) electrons. The summed E-state index contributed by atoms with van der Waals surface area (Å²) >= 11 is 0. The van der Waals surface area contributed by atoms with Crippen molar-refractivity contribution in [1.82, 2.24) is 10.1 Å². The Morgan fingerprint density at radius 3 is 2.67 bits per heavy atom. The molecule has 0 saturated heterocycles. The summed E-state index contributed by atoms with van der Waals surface area (Å²) in [6.45, 7) is 4.62. The second-order valence-electron chi connectivity index (χ2n) is 3.59. The summed E-state index contributed by atoms with van der Waals surface area (Å²) in [5.41, 5.74) is 7.13. The quantitative estimate of drug-likeness (QED) is 0.791. The highest BCUT2D eigenvalue weighted by Crippen LogP contribution is 2.14. The predicted octanol–water partition coefficient (Wildman–Crippen LogP) is 0.599. The molecule has 0 aromatic carbocycles. The maximum atomic E-state index is 11.5. The molecule has 1 rings (SSSR count). The van der Waals surface area contributed by atoms with E-state index in [-0.39, 0.29) is 5.91 Å². The van der Waals surface area contributed by atoms with Gasteiger partial charge in [-0.2, -0.15) is 0 Å². The van der Waals surface area contributed by atoms with Gasteiger partial charge in [-0.05, 0) is 13.8 Å². The third-order valence-corrected chi connectivity index (χ3v) is 2.36. The fourth-order valence-corrected chi connectivity index (χ4v) is 1.37. The molecule has 0 spiro atoms. The molecule has 0 unspecified atom stereocenters. The molecule has 5 heteroatoms. The summed E-state index contributed by atoms with van der Waals surface area (Å²) in [5, 5.41) is 3.84. The summed E-state index contributed by atoms with van der Waals surface area (Å²) < 4.78 is 5.02. The fourth-order valence-electron chi connectivity index (χ4n) is 1.37. The first-order valence-electron chi connectivity index (χ1n) is 4.92. The third kappa shape index (κ3) is 2.79. The number of carbonyl (C=O) groups is 1. The van der Waals surface area contributed by atoms with Crippen LogP contribution in [-0.2, 0) is 11.3 Å². The summed E-state index contributed by atoms with van der Waals surface area (Å²) in [7, 11) is 1.75. The van der Waals surface area contributed by atoms with E-state index in [1.54, 1.807) is 11.9 Å². The molecule has 0 aliphatic rings. The Hall–Kier alpha value is -1.36. The van der Waals surface area contributed by atoms with Crippen LogP contribution < -0.4 is 5.73 Å². The number of hydrogen-bond donors (Lipinski definition) is 1. The average molecular weight is 211 g/mol. The summed E-state index contributed by atoms with van der Waals surface area (Å²) in [4.78, 5) is 13.1. The Kier molecular flexibility index (Phi) is 3.85. The maximum absolute atomic E-state index is 11.5. The van der Waals surface area contributed by atoms with Gasteiger partial charge in [0.15, 0.2) is 0 Å². The molecular formula is C10H17N3O2. The molecule has 5 nitrogen and oxygen atoms in total. The van der Waals surface area contributed by atoms with Crippen molar-refractivity contribution in [2.45, 2.75) is 26.8 Å². The molecule has 2 N–H and O–H groups in total. The summed E-state index contributed by atoms with van der Waals surface area (Å²) in [6.07, 6.45) is 0.375. The zero-order chi connectivity index (χ0) is 11.4. The predicted molar refractivity (Wildman–Crippen MR) is 56.1 cm³/mol. The van der Waals surface area contributed by atoms with Crippen molar-refractivity contribution in [3.8, 4) is 0 Å². The van der Waals surface area contributed by atoms with Crippen molar-refractivity contribution in [2.75, 3.05) is 13.6 Å². The third-order valence-electron chi connectivity index (χ3n) is 2.36. The van der Waals surface area contributed by atoms with Gasteiger partial charge in [0.25, 0.3) is 0 Å². The molecule has 0 fully saturated rings. The van der Waals surface area contributed by atoms with Gasteiger partial charge in [-0.3, -0.25) is 4.79 Å². The SMILES string of the molecule is Cc1noc(C)c1CN(C)C(=O)CCN. The fraction of sp³-hybridized carbons (Fsp3) is 0.600. The van der Waals surface area contributed by atoms with Crippen molar-refractivity contribution in [1.29, 1.82) is 0 Å². The van der Waals surface area contributed by atoms with Crippen LogP contribution in [-0.4, -0.2) is 29.6 Å². The summed E-state index contributed by atoms with van der Waals surface area (Å²) in [5.74, 6) is 0.803. The molecule has 0 saturated carbocycles. The first-order valence-corrected chi connectivity index (χ1v) is 4.92. The number of carbonyl (C=O) groups excluding carboxylic acids is 1. The largest absolute Gasteiger partial charge is 0.361 e. The van der Waals surface area contributed by atoms with Crippen LogP contribution in [0.1, 0.15) is 23.4 Å². The molecule has 1 amide bonds. The van der Waals surface area contributed by atoms with Crippen LogP contribution in [0.15, 0.2) is 4.52 Å². The monoisotopic (exact) mass is 211 g/mol. The first kappa shape index (κ1) is 11.7. The standard InChI is InChI=1S/C10H17N3O2/c1-7-9(8(2)15-12-7)6-13(3)10(14)4-5-11/h4-6,11H2,1-3H3. The Labute approximate surface area is 89.2 Å². The van der Waals surface area contributed by atoms with Crippen LogP contribution in [0.4, 0.5) is 0 Å². The van der Waals surface area contributed by atoms with Gasteiger partial charge in [0.05, 0.1) is 12.2 Å². The number of aryl methyl sites for hydroxylation is 2. The van der Waals surface area contributed by atoms with Gasteiger partial charge in [0, 0.05) is 25.6 Å². The number of nitrogens with two attached hydrogens (primary N) is 1. The highest BCUT2D eigenvalue weighted by molar-refractivity contribution is 5.76. The van der Waals surface area contributed by atoms with Gasteiger partial charge in [-0.25, -0.2) is 0 Å². The van der Waals surface area contributed by atoms with Crippen molar-refractivity contribution >= 4 is 5.91 Å². The van der Waals surface area contributed by atoms with Gasteiger partial charge in [0.1, 0.15) is 5.76 Å². The van der Waals surface area contributed by atoms with Crippen LogP contribution in [0, 0.1) is 13.8 Å². The minimum Gasteiger partial charge on any atom is -0.361 e. The van der Waals surface area contributed by atoms with E-state index >= 15 is 0 Å². The van der Waals surface area contributed by atoms with Crippen LogP contribution >= 0.6 is 0 Å². The van der Waals surface area contributed by atoms with Crippen molar-refractivity contribution < 1.29 is 9.32 Å². The molecule has 0 atom stereocenters. The minimum absolute atomic E-state index is 0.0394. The molecule has 0 aliphatic heterocycles. The smallest absolute Gasteiger partial charge is 0.223 e. The van der Waals surface area contributed by atoms with Gasteiger partial charge < -0.3 is 15.2 Å². The Bertz CT molecular complexity index is 327. The number of hydrogen-bond acceptors (Lipinski definition) is 4. The van der Waals surface area contributed by atoms with Crippen molar-refractivity contribution in [3.05, 3.63) is 17.0 Å². The van der Waals surface area contributed by atoms with Crippen LogP contribution in [0.5, 0.6) is 0 Å². The number of nitrogens with zero attached hydrogens (tertiary/aromatic N) is 2. The van der Waals surface area contributed by atoms with E-state index in [1.807, 2.05) is 13.8 Å². The van der Waals surface area contributed by atoms with Gasteiger partial charge >= 0.3 is 0 Å². The average Bonchev–Trinajstić information content (AvgIpc) is 2.49. The lowest BCUT2D eigenvalue weighted by molar-refractivity contribution is -0.130. The van der Waals surface area contributed by atoms with Crippen molar-refractivity contribution in [2.24, 2.45) is 5.73 Å². The Balaban J connectivity index is 2.66. The second-order valence-corrected chi connectivity index (χ2v) is 3.59. The normalized spacial score (nSPS) is 10.4. The molecule has 1 aromatic rings. The van der Waals surface area contributed by atoms with Gasteiger partial charge in [0.2, 0.25) is 5.91 Å². The lowest BCUT2D eigenvalue weighted by Gasteiger charge is -2.16. The van der Waals surface area contributed by atoms with E-state index in [0.717, 1.165) is 17.0 Å². The molecule has 15 heavy (non-hydrogen) atoms. The van der Waals surface area contributed by atoms with Crippen molar-refractivity contribution in [3.63, 3.8) is 0 Å². The molecule has 84 valence electrons. The molecule has 1 aromatic heterocycles. The van der Waals surface area contributed by atoms with Crippen LogP contribution in [0.2, 0.25) is 0 Å². The second kappa shape index (κ2) is 4.93. The van der Waals surface area contributed by atoms with Crippen LogP contribution in [0.3, 0.4) is 0 Å². The lowest BCUT2D eigenvalue weighted by Crippen LogP contribution is -2.28. The Morgan fingerprint density at radius 2 is 2.20 bits per heavy atom. The zero-order valence-corrected chi connectivity index (χ0v) is 9.41. The van der Waals surface area contributed by atoms with E-state index in [2.05, 4.69) is 5.16 Å². The summed E-state index contributed by atoms with van der Waals surface area (Å²) in [6, 6.07) is 0. The highest BCUT2D eigenvalue weighted by atomic mass is 16.5. The van der Waals surface area contributed by atoms with E-state index in [1.165, 1.54) is 0 Å². The lowest BCUT2D eigenvalue weighted by atomic mass is 10.2. The number of aromatic nitrogens is 1. The van der Waals surface area contributed by atoms with Crippen LogP contribution in [0.25, 0.3) is 0 Å². The number of rotatable bonds is 4. The highest BCUT2D eigenvalue weighted by Gasteiger charge is 2.14. The molecular weight excluding hydrogens is 194 g/mol.